The van der Waals surface area contributed by atoms with E-state index in [-0.39, 0.29) is 0 Å². The van der Waals surface area contributed by atoms with Crippen molar-refractivity contribution < 1.29 is 9.53 Å². The molecule has 5 nitrogen and oxygen atoms in total. The summed E-state index contributed by atoms with van der Waals surface area (Å²) >= 11 is 1.49. The first-order chi connectivity index (χ1) is 7.65. The number of anilines is 1. The van der Waals surface area contributed by atoms with E-state index >= 15 is 0 Å². The highest BCUT2D eigenvalue weighted by Crippen LogP contribution is 2.27. The van der Waals surface area contributed by atoms with Crippen LogP contribution in [-0.2, 0) is 11.3 Å². The number of esters is 1. The van der Waals surface area contributed by atoms with E-state index < -0.39 is 5.97 Å². The van der Waals surface area contributed by atoms with Crippen molar-refractivity contribution in [3.63, 3.8) is 0 Å². The zero-order valence-corrected chi connectivity index (χ0v) is 10.6. The average molecular weight is 243 g/mol. The van der Waals surface area contributed by atoms with Crippen molar-refractivity contribution in [2.45, 2.75) is 32.3 Å². The molecular formula is C10H17N3O2S. The Kier molecular flexibility index (Phi) is 4.67. The summed E-state index contributed by atoms with van der Waals surface area (Å²) < 4.78 is 6.58. The number of nitrogens with two attached hydrogens (primary N) is 1. The Bertz CT molecular complexity index is 376. The zero-order valence-electron chi connectivity index (χ0n) is 9.82. The predicted octanol–water partition coefficient (Wildman–Crippen LogP) is 1.77. The van der Waals surface area contributed by atoms with Gasteiger partial charge in [-0.05, 0) is 19.6 Å². The van der Waals surface area contributed by atoms with Crippen molar-refractivity contribution in [1.82, 2.24) is 9.78 Å². The molecule has 0 atom stereocenters. The number of rotatable bonds is 5. The van der Waals surface area contributed by atoms with E-state index in [1.165, 1.54) is 11.8 Å². The molecule has 16 heavy (non-hydrogen) atoms. The average Bonchev–Trinajstić information content (AvgIpc) is 2.56. The first kappa shape index (κ1) is 12.9. The Morgan fingerprint density at radius 1 is 1.50 bits per heavy atom. The minimum Gasteiger partial charge on any atom is -0.462 e. The number of carbonyl (C=O) groups excluding carboxylic acids is 1. The van der Waals surface area contributed by atoms with Gasteiger partial charge in [0.25, 0.3) is 0 Å². The van der Waals surface area contributed by atoms with Gasteiger partial charge >= 0.3 is 5.97 Å². The van der Waals surface area contributed by atoms with Crippen LogP contribution in [0.15, 0.2) is 5.03 Å². The lowest BCUT2D eigenvalue weighted by molar-refractivity contribution is 0.0523. The summed E-state index contributed by atoms with van der Waals surface area (Å²) in [5.74, 6) is 0.833. The van der Waals surface area contributed by atoms with E-state index in [0.29, 0.717) is 29.6 Å². The lowest BCUT2D eigenvalue weighted by Crippen LogP contribution is -2.09. The number of hydrogen-bond donors (Lipinski definition) is 1. The first-order valence-corrected chi connectivity index (χ1v) is 6.30. The molecule has 0 aliphatic carbocycles. The molecule has 0 aliphatic rings. The molecule has 0 aliphatic heterocycles. The fourth-order valence-corrected chi connectivity index (χ4v) is 2.09. The molecule has 0 radical (unpaired) electrons. The van der Waals surface area contributed by atoms with Gasteiger partial charge in [-0.2, -0.15) is 5.10 Å². The van der Waals surface area contributed by atoms with Crippen LogP contribution in [0.2, 0.25) is 0 Å². The number of aromatic nitrogens is 2. The number of ether oxygens (including phenoxy) is 1. The standard InChI is InChI=1S/C10H17N3O2S/c1-4-13-8(11)7(10(14)15-5-2)9(12-13)16-6-3/h4-6,11H2,1-3H3. The minimum absolute atomic E-state index is 0.339. The molecular weight excluding hydrogens is 226 g/mol. The van der Waals surface area contributed by atoms with Crippen LogP contribution in [0, 0.1) is 0 Å². The summed E-state index contributed by atoms with van der Waals surface area (Å²) in [5.41, 5.74) is 6.26. The molecule has 0 fully saturated rings. The summed E-state index contributed by atoms with van der Waals surface area (Å²) in [5, 5.41) is 4.93. The molecule has 0 amide bonds. The van der Waals surface area contributed by atoms with Crippen LogP contribution in [0.25, 0.3) is 0 Å². The first-order valence-electron chi connectivity index (χ1n) is 5.31. The number of nitrogens with zero attached hydrogens (tertiary/aromatic N) is 2. The molecule has 0 saturated heterocycles. The molecule has 0 bridgehead atoms. The molecule has 6 heteroatoms. The molecule has 0 aromatic carbocycles. The number of aryl methyl sites for hydroxylation is 1. The maximum Gasteiger partial charge on any atom is 0.344 e. The van der Waals surface area contributed by atoms with Crippen molar-refractivity contribution in [3.05, 3.63) is 5.56 Å². The Balaban J connectivity index is 3.11. The third-order valence-electron chi connectivity index (χ3n) is 2.02. The van der Waals surface area contributed by atoms with Crippen molar-refractivity contribution in [2.24, 2.45) is 0 Å². The topological polar surface area (TPSA) is 70.1 Å². The van der Waals surface area contributed by atoms with Crippen LogP contribution in [-0.4, -0.2) is 28.1 Å². The second-order valence-electron chi connectivity index (χ2n) is 3.03. The molecule has 1 rings (SSSR count). The molecule has 0 unspecified atom stereocenters. The third-order valence-corrected chi connectivity index (χ3v) is 2.87. The normalized spacial score (nSPS) is 10.4. The van der Waals surface area contributed by atoms with Gasteiger partial charge in [-0.25, -0.2) is 9.48 Å². The van der Waals surface area contributed by atoms with Gasteiger partial charge < -0.3 is 10.5 Å². The lowest BCUT2D eigenvalue weighted by atomic mass is 10.3. The lowest BCUT2D eigenvalue weighted by Gasteiger charge is -2.02. The van der Waals surface area contributed by atoms with Crippen LogP contribution >= 0.6 is 11.8 Å². The van der Waals surface area contributed by atoms with Gasteiger partial charge in [-0.15, -0.1) is 11.8 Å². The molecule has 1 heterocycles. The van der Waals surface area contributed by atoms with Crippen LogP contribution in [0.3, 0.4) is 0 Å². The van der Waals surface area contributed by atoms with Gasteiger partial charge in [0.1, 0.15) is 16.4 Å². The summed E-state index contributed by atoms with van der Waals surface area (Å²) in [7, 11) is 0. The second kappa shape index (κ2) is 5.79. The van der Waals surface area contributed by atoms with Crippen LogP contribution in [0.4, 0.5) is 5.82 Å². The van der Waals surface area contributed by atoms with Crippen LogP contribution < -0.4 is 5.73 Å². The maximum absolute atomic E-state index is 11.7. The Hall–Kier alpha value is -1.17. The SMILES string of the molecule is CCOC(=O)c1c(SCC)nn(CC)c1N. The number of carbonyl (C=O) groups is 1. The van der Waals surface area contributed by atoms with Crippen molar-refractivity contribution in [1.29, 1.82) is 0 Å². The predicted molar refractivity (Wildman–Crippen MR) is 64.7 cm³/mol. The highest BCUT2D eigenvalue weighted by Gasteiger charge is 2.22. The molecule has 1 aromatic heterocycles. The van der Waals surface area contributed by atoms with Crippen LogP contribution in [0.1, 0.15) is 31.1 Å². The van der Waals surface area contributed by atoms with E-state index in [9.17, 15) is 4.79 Å². The largest absolute Gasteiger partial charge is 0.462 e. The summed E-state index contributed by atoms with van der Waals surface area (Å²) in [6.07, 6.45) is 0. The van der Waals surface area contributed by atoms with Crippen molar-refractivity contribution in [3.8, 4) is 0 Å². The fourth-order valence-electron chi connectivity index (χ4n) is 1.33. The van der Waals surface area contributed by atoms with Gasteiger partial charge in [0.2, 0.25) is 0 Å². The highest BCUT2D eigenvalue weighted by atomic mass is 32.2. The molecule has 0 saturated carbocycles. The highest BCUT2D eigenvalue weighted by molar-refractivity contribution is 7.99. The van der Waals surface area contributed by atoms with E-state index in [0.717, 1.165) is 5.75 Å². The van der Waals surface area contributed by atoms with E-state index in [1.807, 2.05) is 13.8 Å². The Morgan fingerprint density at radius 3 is 2.69 bits per heavy atom. The third kappa shape index (κ3) is 2.49. The van der Waals surface area contributed by atoms with Crippen molar-refractivity contribution >= 4 is 23.5 Å². The fraction of sp³-hybridized carbons (Fsp3) is 0.600. The van der Waals surface area contributed by atoms with E-state index in [4.69, 9.17) is 10.5 Å². The Morgan fingerprint density at radius 2 is 2.19 bits per heavy atom. The summed E-state index contributed by atoms with van der Waals surface area (Å²) in [6, 6.07) is 0. The maximum atomic E-state index is 11.7. The van der Waals surface area contributed by atoms with Gasteiger partial charge in [0, 0.05) is 6.54 Å². The molecule has 90 valence electrons. The van der Waals surface area contributed by atoms with Gasteiger partial charge in [-0.3, -0.25) is 0 Å². The molecule has 2 N–H and O–H groups in total. The quantitative estimate of drug-likeness (QED) is 0.630. The van der Waals surface area contributed by atoms with Gasteiger partial charge in [0.15, 0.2) is 0 Å². The number of hydrogen-bond acceptors (Lipinski definition) is 5. The smallest absolute Gasteiger partial charge is 0.344 e. The van der Waals surface area contributed by atoms with Gasteiger partial charge in [0.05, 0.1) is 6.61 Å². The summed E-state index contributed by atoms with van der Waals surface area (Å²) in [6.45, 7) is 6.68. The van der Waals surface area contributed by atoms with E-state index in [2.05, 4.69) is 5.10 Å². The zero-order chi connectivity index (χ0) is 12.1. The second-order valence-corrected chi connectivity index (χ2v) is 4.29. The number of thioether (sulfide) groups is 1. The van der Waals surface area contributed by atoms with E-state index in [1.54, 1.807) is 11.6 Å². The molecule has 0 spiro atoms. The number of nitrogen functional groups attached to an aromatic ring is 1. The molecule has 1 aromatic rings. The van der Waals surface area contributed by atoms with Crippen LogP contribution in [0.5, 0.6) is 0 Å². The summed E-state index contributed by atoms with van der Waals surface area (Å²) in [4.78, 5) is 11.7. The van der Waals surface area contributed by atoms with Crippen molar-refractivity contribution in [2.75, 3.05) is 18.1 Å². The van der Waals surface area contributed by atoms with Gasteiger partial charge in [-0.1, -0.05) is 6.92 Å². The minimum atomic E-state index is -0.393. The monoisotopic (exact) mass is 243 g/mol. The Labute approximate surface area is 99.3 Å².